The van der Waals surface area contributed by atoms with E-state index >= 15 is 0 Å². The third kappa shape index (κ3) is 2.76. The van der Waals surface area contributed by atoms with Crippen LogP contribution in [0, 0.1) is 5.92 Å². The van der Waals surface area contributed by atoms with E-state index in [2.05, 4.69) is 6.58 Å². The predicted octanol–water partition coefficient (Wildman–Crippen LogP) is 2.09. The van der Waals surface area contributed by atoms with Gasteiger partial charge in [0.1, 0.15) is 12.9 Å². The molecule has 0 N–H and O–H groups in total. The third-order valence-electron chi connectivity index (χ3n) is 2.69. The van der Waals surface area contributed by atoms with Crippen LogP contribution in [0.1, 0.15) is 20.3 Å². The van der Waals surface area contributed by atoms with Crippen molar-refractivity contribution in [2.45, 2.75) is 26.4 Å². The van der Waals surface area contributed by atoms with Crippen molar-refractivity contribution in [1.82, 2.24) is 0 Å². The lowest BCUT2D eigenvalue weighted by atomic mass is 9.82. The fraction of sp³-hybridized carbons (Fsp3) is 0.583. The predicted molar refractivity (Wildman–Crippen MR) is 58.4 cm³/mol. The number of methoxy groups -OCH3 is 1. The first-order valence-electron chi connectivity index (χ1n) is 5.04. The maximum Gasteiger partial charge on any atom is 0.187 e. The second kappa shape index (κ2) is 5.24. The number of rotatable bonds is 4. The lowest BCUT2D eigenvalue weighted by molar-refractivity contribution is -0.141. The fourth-order valence-electron chi connectivity index (χ4n) is 1.73. The van der Waals surface area contributed by atoms with Crippen molar-refractivity contribution in [3.8, 4) is 0 Å². The molecule has 0 spiro atoms. The van der Waals surface area contributed by atoms with Crippen LogP contribution in [0.4, 0.5) is 0 Å². The SMILES string of the molecule is C=C(C)[C@H]1CC=C(C)C(=O)[C@@H]1OCOC. The summed E-state index contributed by atoms with van der Waals surface area (Å²) in [4.78, 5) is 11.9. The second-order valence-electron chi connectivity index (χ2n) is 3.93. The molecule has 0 aliphatic heterocycles. The molecule has 2 atom stereocenters. The fourth-order valence-corrected chi connectivity index (χ4v) is 1.73. The molecule has 0 unspecified atom stereocenters. The highest BCUT2D eigenvalue weighted by molar-refractivity contribution is 5.99. The van der Waals surface area contributed by atoms with Crippen LogP contribution in [0.2, 0.25) is 0 Å². The Morgan fingerprint density at radius 1 is 1.67 bits per heavy atom. The molecule has 0 saturated heterocycles. The number of hydrogen-bond acceptors (Lipinski definition) is 3. The van der Waals surface area contributed by atoms with E-state index < -0.39 is 6.10 Å². The van der Waals surface area contributed by atoms with E-state index in [4.69, 9.17) is 9.47 Å². The van der Waals surface area contributed by atoms with E-state index in [0.717, 1.165) is 17.6 Å². The van der Waals surface area contributed by atoms with Crippen molar-refractivity contribution in [2.75, 3.05) is 13.9 Å². The molecular weight excluding hydrogens is 192 g/mol. The molecular formula is C12H18O3. The number of Topliss-reactive ketones (excluding diaryl/α,β-unsaturated/α-hetero) is 1. The number of ether oxygens (including phenoxy) is 2. The van der Waals surface area contributed by atoms with Gasteiger partial charge in [0.05, 0.1) is 0 Å². The van der Waals surface area contributed by atoms with E-state index in [9.17, 15) is 4.79 Å². The monoisotopic (exact) mass is 210 g/mol. The van der Waals surface area contributed by atoms with Gasteiger partial charge in [-0.2, -0.15) is 0 Å². The Labute approximate surface area is 90.8 Å². The van der Waals surface area contributed by atoms with Crippen molar-refractivity contribution in [3.05, 3.63) is 23.8 Å². The summed E-state index contributed by atoms with van der Waals surface area (Å²) in [6.45, 7) is 7.79. The molecule has 3 nitrogen and oxygen atoms in total. The average Bonchev–Trinajstić information content (AvgIpc) is 2.19. The molecule has 0 saturated carbocycles. The number of hydrogen-bond donors (Lipinski definition) is 0. The molecule has 1 aliphatic rings. The van der Waals surface area contributed by atoms with Gasteiger partial charge in [-0.1, -0.05) is 18.2 Å². The van der Waals surface area contributed by atoms with Crippen molar-refractivity contribution in [3.63, 3.8) is 0 Å². The third-order valence-corrected chi connectivity index (χ3v) is 2.69. The molecule has 84 valence electrons. The molecule has 0 radical (unpaired) electrons. The number of allylic oxidation sites excluding steroid dienone is 1. The summed E-state index contributed by atoms with van der Waals surface area (Å²) in [5.74, 6) is 0.127. The molecule has 15 heavy (non-hydrogen) atoms. The number of carbonyl (C=O) groups excluding carboxylic acids is 1. The van der Waals surface area contributed by atoms with Crippen LogP contribution in [0.15, 0.2) is 23.8 Å². The Balaban J connectivity index is 2.79. The van der Waals surface area contributed by atoms with Crippen molar-refractivity contribution < 1.29 is 14.3 Å². The largest absolute Gasteiger partial charge is 0.359 e. The van der Waals surface area contributed by atoms with Gasteiger partial charge in [0, 0.05) is 13.0 Å². The van der Waals surface area contributed by atoms with Crippen LogP contribution in [0.25, 0.3) is 0 Å². The minimum Gasteiger partial charge on any atom is -0.359 e. The summed E-state index contributed by atoms with van der Waals surface area (Å²) >= 11 is 0. The maximum absolute atomic E-state index is 11.9. The van der Waals surface area contributed by atoms with Crippen molar-refractivity contribution in [2.24, 2.45) is 5.92 Å². The summed E-state index contributed by atoms with van der Waals surface area (Å²) in [7, 11) is 1.55. The Bertz CT molecular complexity index is 291. The highest BCUT2D eigenvalue weighted by Crippen LogP contribution is 2.28. The lowest BCUT2D eigenvalue weighted by Crippen LogP contribution is -2.36. The van der Waals surface area contributed by atoms with Gasteiger partial charge in [0.2, 0.25) is 0 Å². The zero-order chi connectivity index (χ0) is 11.4. The Morgan fingerprint density at radius 3 is 2.87 bits per heavy atom. The van der Waals surface area contributed by atoms with Crippen molar-refractivity contribution >= 4 is 5.78 Å². The standard InChI is InChI=1S/C12H18O3/c1-8(2)10-6-5-9(3)11(13)12(10)15-7-14-4/h5,10,12H,1,6-7H2,2-4H3/t10-,12-/m1/s1. The molecule has 3 heteroatoms. The average molecular weight is 210 g/mol. The second-order valence-corrected chi connectivity index (χ2v) is 3.93. The summed E-state index contributed by atoms with van der Waals surface area (Å²) in [6, 6.07) is 0. The van der Waals surface area contributed by atoms with E-state index in [-0.39, 0.29) is 18.5 Å². The molecule has 0 heterocycles. The highest BCUT2D eigenvalue weighted by Gasteiger charge is 2.33. The molecule has 0 bridgehead atoms. The molecule has 0 aromatic rings. The van der Waals surface area contributed by atoms with Gasteiger partial charge in [-0.25, -0.2) is 0 Å². The quantitative estimate of drug-likeness (QED) is 0.526. The summed E-state index contributed by atoms with van der Waals surface area (Å²) in [6.07, 6.45) is 2.35. The van der Waals surface area contributed by atoms with Crippen LogP contribution in [0.3, 0.4) is 0 Å². The normalized spacial score (nSPS) is 26.3. The topological polar surface area (TPSA) is 35.5 Å². The van der Waals surface area contributed by atoms with E-state index in [1.165, 1.54) is 0 Å². The summed E-state index contributed by atoms with van der Waals surface area (Å²) in [5.41, 5.74) is 1.75. The zero-order valence-corrected chi connectivity index (χ0v) is 9.58. The summed E-state index contributed by atoms with van der Waals surface area (Å²) < 4.78 is 10.2. The van der Waals surface area contributed by atoms with Gasteiger partial charge in [0.15, 0.2) is 5.78 Å². The van der Waals surface area contributed by atoms with Gasteiger partial charge in [-0.05, 0) is 25.8 Å². The molecule has 1 rings (SSSR count). The van der Waals surface area contributed by atoms with Crippen LogP contribution >= 0.6 is 0 Å². The first kappa shape index (κ1) is 12.1. The van der Waals surface area contributed by atoms with Crippen molar-refractivity contribution in [1.29, 1.82) is 0 Å². The maximum atomic E-state index is 11.9. The minimum atomic E-state index is -0.424. The molecule has 0 aromatic carbocycles. The van der Waals surface area contributed by atoms with Crippen LogP contribution in [-0.2, 0) is 14.3 Å². The van der Waals surface area contributed by atoms with Crippen LogP contribution < -0.4 is 0 Å². The van der Waals surface area contributed by atoms with Gasteiger partial charge < -0.3 is 9.47 Å². The molecule has 0 amide bonds. The first-order chi connectivity index (χ1) is 7.07. The summed E-state index contributed by atoms with van der Waals surface area (Å²) in [5, 5.41) is 0. The van der Waals surface area contributed by atoms with E-state index in [1.54, 1.807) is 7.11 Å². The highest BCUT2D eigenvalue weighted by atomic mass is 16.7. The molecule has 0 aromatic heterocycles. The Morgan fingerprint density at radius 2 is 2.33 bits per heavy atom. The van der Waals surface area contributed by atoms with Crippen LogP contribution in [-0.4, -0.2) is 25.8 Å². The molecule has 0 fully saturated rings. The molecule has 1 aliphatic carbocycles. The smallest absolute Gasteiger partial charge is 0.187 e. The first-order valence-corrected chi connectivity index (χ1v) is 5.04. The van der Waals surface area contributed by atoms with Gasteiger partial charge in [0.25, 0.3) is 0 Å². The minimum absolute atomic E-state index is 0.0475. The Hall–Kier alpha value is -0.930. The lowest BCUT2D eigenvalue weighted by Gasteiger charge is -2.29. The van der Waals surface area contributed by atoms with E-state index in [0.29, 0.717) is 0 Å². The van der Waals surface area contributed by atoms with Gasteiger partial charge in [-0.15, -0.1) is 0 Å². The Kier molecular flexibility index (Phi) is 4.24. The van der Waals surface area contributed by atoms with Gasteiger partial charge >= 0.3 is 0 Å². The number of ketones is 1. The van der Waals surface area contributed by atoms with E-state index in [1.807, 2.05) is 19.9 Å². The zero-order valence-electron chi connectivity index (χ0n) is 9.58. The van der Waals surface area contributed by atoms with Gasteiger partial charge in [-0.3, -0.25) is 4.79 Å². The van der Waals surface area contributed by atoms with Crippen LogP contribution in [0.5, 0.6) is 0 Å². The number of carbonyl (C=O) groups is 1.